The zero-order chi connectivity index (χ0) is 15.9. The molecule has 22 heavy (non-hydrogen) atoms. The molecule has 0 aliphatic heterocycles. The predicted octanol–water partition coefficient (Wildman–Crippen LogP) is 2.40. The van der Waals surface area contributed by atoms with Crippen molar-refractivity contribution < 1.29 is 14.3 Å². The molecule has 0 saturated carbocycles. The van der Waals surface area contributed by atoms with Crippen molar-refractivity contribution in [3.63, 3.8) is 0 Å². The second-order valence-electron chi connectivity index (χ2n) is 5.75. The molecular formula is C17H26N2O3. The minimum atomic E-state index is -0.0438. The highest BCUT2D eigenvalue weighted by molar-refractivity contribution is 5.73. The summed E-state index contributed by atoms with van der Waals surface area (Å²) >= 11 is 0. The molecule has 2 amide bonds. The van der Waals surface area contributed by atoms with E-state index in [1.165, 1.54) is 11.1 Å². The van der Waals surface area contributed by atoms with E-state index in [0.717, 1.165) is 25.0 Å². The molecule has 0 unspecified atom stereocenters. The van der Waals surface area contributed by atoms with Crippen molar-refractivity contribution in [1.82, 2.24) is 10.2 Å². The van der Waals surface area contributed by atoms with Crippen LogP contribution in [0.3, 0.4) is 0 Å². The van der Waals surface area contributed by atoms with Gasteiger partial charge in [0.25, 0.3) is 0 Å². The fourth-order valence-electron chi connectivity index (χ4n) is 2.91. The third kappa shape index (κ3) is 4.13. The number of aryl methyl sites for hydroxylation is 1. The molecule has 1 aromatic carbocycles. The van der Waals surface area contributed by atoms with Gasteiger partial charge >= 0.3 is 6.03 Å². The van der Waals surface area contributed by atoms with Crippen LogP contribution in [0.5, 0.6) is 5.75 Å². The maximum Gasteiger partial charge on any atom is 0.317 e. The van der Waals surface area contributed by atoms with Gasteiger partial charge in [0.05, 0.1) is 13.7 Å². The molecular weight excluding hydrogens is 280 g/mol. The van der Waals surface area contributed by atoms with E-state index in [1.54, 1.807) is 26.2 Å². The summed E-state index contributed by atoms with van der Waals surface area (Å²) in [6.07, 6.45) is 3.35. The minimum absolute atomic E-state index is 0.0438. The molecule has 1 aromatic rings. The molecule has 5 nitrogen and oxygen atoms in total. The molecule has 0 aromatic heterocycles. The quantitative estimate of drug-likeness (QED) is 0.878. The molecule has 1 aliphatic carbocycles. The fraction of sp³-hybridized carbons (Fsp3) is 0.588. The van der Waals surface area contributed by atoms with Crippen molar-refractivity contribution in [1.29, 1.82) is 0 Å². The Kier molecular flexibility index (Phi) is 6.07. The van der Waals surface area contributed by atoms with Crippen LogP contribution in [0.25, 0.3) is 0 Å². The van der Waals surface area contributed by atoms with E-state index in [9.17, 15) is 4.79 Å². The summed E-state index contributed by atoms with van der Waals surface area (Å²) in [6.45, 7) is 1.83. The molecule has 0 spiro atoms. The van der Waals surface area contributed by atoms with Crippen LogP contribution in [0.1, 0.15) is 29.9 Å². The average molecular weight is 306 g/mol. The van der Waals surface area contributed by atoms with Gasteiger partial charge in [-0.1, -0.05) is 6.07 Å². The Morgan fingerprint density at radius 1 is 1.41 bits per heavy atom. The first-order chi connectivity index (χ1) is 10.7. The van der Waals surface area contributed by atoms with E-state index in [0.29, 0.717) is 25.6 Å². The first kappa shape index (κ1) is 16.6. The number of nitrogens with zero attached hydrogens (tertiary/aromatic N) is 1. The summed E-state index contributed by atoms with van der Waals surface area (Å²) in [7, 11) is 5.12. The van der Waals surface area contributed by atoms with Crippen molar-refractivity contribution in [3.8, 4) is 5.75 Å². The molecule has 1 N–H and O–H groups in total. The topological polar surface area (TPSA) is 50.8 Å². The van der Waals surface area contributed by atoms with Crippen LogP contribution < -0.4 is 10.1 Å². The van der Waals surface area contributed by atoms with Crippen molar-refractivity contribution >= 4 is 6.03 Å². The van der Waals surface area contributed by atoms with Gasteiger partial charge in [-0.3, -0.25) is 0 Å². The number of carbonyl (C=O) groups excluding carboxylic acids is 1. The molecule has 0 fully saturated rings. The van der Waals surface area contributed by atoms with Gasteiger partial charge in [0.15, 0.2) is 0 Å². The SMILES string of the molecule is COCCN(C)C(=O)NC[C@H]1CCCc2cc(OC)ccc21. The van der Waals surface area contributed by atoms with Crippen LogP contribution in [-0.4, -0.2) is 51.9 Å². The normalized spacial score (nSPS) is 16.8. The highest BCUT2D eigenvalue weighted by Gasteiger charge is 2.21. The average Bonchev–Trinajstić information content (AvgIpc) is 2.56. The lowest BCUT2D eigenvalue weighted by Gasteiger charge is -2.27. The number of benzene rings is 1. The van der Waals surface area contributed by atoms with Crippen LogP contribution >= 0.6 is 0 Å². The van der Waals surface area contributed by atoms with E-state index in [2.05, 4.69) is 17.4 Å². The zero-order valence-electron chi connectivity index (χ0n) is 13.7. The Labute approximate surface area is 132 Å². The van der Waals surface area contributed by atoms with Crippen LogP contribution in [-0.2, 0) is 11.2 Å². The number of methoxy groups -OCH3 is 2. The van der Waals surface area contributed by atoms with Crippen LogP contribution in [0.4, 0.5) is 4.79 Å². The zero-order valence-corrected chi connectivity index (χ0v) is 13.7. The largest absolute Gasteiger partial charge is 0.497 e. The van der Waals surface area contributed by atoms with Crippen molar-refractivity contribution in [2.75, 3.05) is 41.0 Å². The molecule has 122 valence electrons. The smallest absolute Gasteiger partial charge is 0.317 e. The van der Waals surface area contributed by atoms with Gasteiger partial charge in [0, 0.05) is 33.2 Å². The van der Waals surface area contributed by atoms with E-state index in [-0.39, 0.29) is 6.03 Å². The Morgan fingerprint density at radius 2 is 2.23 bits per heavy atom. The Morgan fingerprint density at radius 3 is 2.95 bits per heavy atom. The van der Waals surface area contributed by atoms with Crippen molar-refractivity contribution in [2.45, 2.75) is 25.2 Å². The molecule has 2 rings (SSSR count). The van der Waals surface area contributed by atoms with Gasteiger partial charge in [0.2, 0.25) is 0 Å². The number of nitrogens with one attached hydrogen (secondary N) is 1. The van der Waals surface area contributed by atoms with Gasteiger partial charge in [0.1, 0.15) is 5.75 Å². The summed E-state index contributed by atoms with van der Waals surface area (Å²) in [6, 6.07) is 6.22. The summed E-state index contributed by atoms with van der Waals surface area (Å²) in [5.74, 6) is 1.29. The van der Waals surface area contributed by atoms with Crippen molar-refractivity contribution in [2.24, 2.45) is 0 Å². The number of likely N-dealkylation sites (N-methyl/N-ethyl adjacent to an activating group) is 1. The summed E-state index contributed by atoms with van der Waals surface area (Å²) in [5.41, 5.74) is 2.68. The number of carbonyl (C=O) groups is 1. The number of rotatable bonds is 6. The number of ether oxygens (including phenoxy) is 2. The van der Waals surface area contributed by atoms with Gasteiger partial charge in [-0.25, -0.2) is 4.79 Å². The molecule has 5 heteroatoms. The molecule has 0 heterocycles. The second-order valence-corrected chi connectivity index (χ2v) is 5.75. The third-order valence-electron chi connectivity index (χ3n) is 4.27. The maximum absolute atomic E-state index is 12.0. The van der Waals surface area contributed by atoms with Crippen molar-refractivity contribution in [3.05, 3.63) is 29.3 Å². The van der Waals surface area contributed by atoms with Gasteiger partial charge < -0.3 is 19.7 Å². The molecule has 0 radical (unpaired) electrons. The Balaban J connectivity index is 1.93. The van der Waals surface area contributed by atoms with E-state index in [1.807, 2.05) is 6.07 Å². The molecule has 0 saturated heterocycles. The summed E-state index contributed by atoms with van der Waals surface area (Å²) in [4.78, 5) is 13.7. The van der Waals surface area contributed by atoms with Gasteiger partial charge in [-0.2, -0.15) is 0 Å². The number of hydrogen-bond donors (Lipinski definition) is 1. The minimum Gasteiger partial charge on any atom is -0.497 e. The maximum atomic E-state index is 12.0. The lowest BCUT2D eigenvalue weighted by molar-refractivity contribution is 0.159. The Bertz CT molecular complexity index is 505. The van der Waals surface area contributed by atoms with Gasteiger partial charge in [-0.15, -0.1) is 0 Å². The van der Waals surface area contributed by atoms with E-state index in [4.69, 9.17) is 9.47 Å². The first-order valence-electron chi connectivity index (χ1n) is 7.80. The fourth-order valence-corrected chi connectivity index (χ4v) is 2.91. The van der Waals surface area contributed by atoms with Crippen LogP contribution in [0, 0.1) is 0 Å². The predicted molar refractivity (Wildman–Crippen MR) is 86.6 cm³/mol. The van der Waals surface area contributed by atoms with E-state index >= 15 is 0 Å². The standard InChI is InChI=1S/C17H26N2O3/c1-19(9-10-21-2)17(20)18-12-14-6-4-5-13-11-15(22-3)7-8-16(13)14/h7-8,11,14H,4-6,9-10,12H2,1-3H3,(H,18,20)/t14-/m1/s1. The van der Waals surface area contributed by atoms with Gasteiger partial charge in [-0.05, 0) is 42.5 Å². The number of amides is 2. The number of hydrogen-bond acceptors (Lipinski definition) is 3. The van der Waals surface area contributed by atoms with Crippen LogP contribution in [0.2, 0.25) is 0 Å². The highest BCUT2D eigenvalue weighted by Crippen LogP contribution is 2.33. The lowest BCUT2D eigenvalue weighted by atomic mass is 9.82. The number of urea groups is 1. The molecule has 1 atom stereocenters. The molecule has 1 aliphatic rings. The van der Waals surface area contributed by atoms with Crippen LogP contribution in [0.15, 0.2) is 18.2 Å². The summed E-state index contributed by atoms with van der Waals surface area (Å²) < 4.78 is 10.3. The lowest BCUT2D eigenvalue weighted by Crippen LogP contribution is -2.41. The highest BCUT2D eigenvalue weighted by atomic mass is 16.5. The second kappa shape index (κ2) is 8.03. The summed E-state index contributed by atoms with van der Waals surface area (Å²) in [5, 5.41) is 3.03. The monoisotopic (exact) mass is 306 g/mol. The first-order valence-corrected chi connectivity index (χ1v) is 7.80. The molecule has 0 bridgehead atoms. The Hall–Kier alpha value is -1.75. The van der Waals surface area contributed by atoms with E-state index < -0.39 is 0 Å². The number of fused-ring (bicyclic) bond motifs is 1. The third-order valence-corrected chi connectivity index (χ3v) is 4.27.